The van der Waals surface area contributed by atoms with Crippen molar-refractivity contribution < 1.29 is 0 Å². The van der Waals surface area contributed by atoms with Gasteiger partial charge >= 0.3 is 0 Å². The first kappa shape index (κ1) is 12.6. The van der Waals surface area contributed by atoms with Crippen LogP contribution in [0.1, 0.15) is 11.3 Å². The van der Waals surface area contributed by atoms with Crippen LogP contribution in [0.4, 0.5) is 5.95 Å². The molecule has 1 N–H and O–H groups in total. The molecule has 0 fully saturated rings. The number of rotatable bonds is 4. The van der Waals surface area contributed by atoms with Gasteiger partial charge in [0.1, 0.15) is 5.03 Å². The molecule has 0 spiro atoms. The van der Waals surface area contributed by atoms with Crippen LogP contribution in [0.25, 0.3) is 0 Å². The predicted octanol–water partition coefficient (Wildman–Crippen LogP) is 2.95. The van der Waals surface area contributed by atoms with Crippen molar-refractivity contribution in [2.75, 3.05) is 11.7 Å². The maximum absolute atomic E-state index is 4.31. The Hall–Kier alpha value is -1.88. The van der Waals surface area contributed by atoms with E-state index < -0.39 is 0 Å². The highest BCUT2D eigenvalue weighted by Gasteiger charge is 1.99. The third kappa shape index (κ3) is 3.56. The fraction of sp³-hybridized carbons (Fsp3) is 0.154. The van der Waals surface area contributed by atoms with Crippen molar-refractivity contribution in [3.8, 4) is 0 Å². The monoisotopic (exact) mass is 258 g/mol. The van der Waals surface area contributed by atoms with Crippen LogP contribution in [0.3, 0.4) is 0 Å². The van der Waals surface area contributed by atoms with Gasteiger partial charge in [-0.2, -0.15) is 5.10 Å². The quantitative estimate of drug-likeness (QED) is 0.396. The molecule has 0 saturated heterocycles. The van der Waals surface area contributed by atoms with Crippen molar-refractivity contribution in [2.45, 2.75) is 11.9 Å². The van der Waals surface area contributed by atoms with E-state index >= 15 is 0 Å². The summed E-state index contributed by atoms with van der Waals surface area (Å²) in [5.41, 5.74) is 4.80. The molecule has 18 heavy (non-hydrogen) atoms. The Balaban J connectivity index is 2.06. The SMILES string of the molecule is CSc1cc(C)nc(N/N=C/c2ccccc2)n1. The molecule has 0 aliphatic carbocycles. The molecular formula is C13H14N4S. The van der Waals surface area contributed by atoms with E-state index in [4.69, 9.17) is 0 Å². The van der Waals surface area contributed by atoms with Crippen molar-refractivity contribution >= 4 is 23.9 Å². The van der Waals surface area contributed by atoms with Gasteiger partial charge in [-0.3, -0.25) is 0 Å². The fourth-order valence-electron chi connectivity index (χ4n) is 1.40. The smallest absolute Gasteiger partial charge is 0.244 e. The zero-order valence-corrected chi connectivity index (χ0v) is 11.1. The van der Waals surface area contributed by atoms with Gasteiger partial charge in [-0.15, -0.1) is 11.8 Å². The summed E-state index contributed by atoms with van der Waals surface area (Å²) < 4.78 is 0. The Morgan fingerprint density at radius 1 is 1.22 bits per heavy atom. The van der Waals surface area contributed by atoms with Gasteiger partial charge in [0.15, 0.2) is 0 Å². The summed E-state index contributed by atoms with van der Waals surface area (Å²) in [5.74, 6) is 0.520. The molecule has 0 amide bonds. The number of thioether (sulfide) groups is 1. The summed E-state index contributed by atoms with van der Waals surface area (Å²) in [6, 6.07) is 11.8. The molecule has 0 saturated carbocycles. The van der Waals surface area contributed by atoms with Gasteiger partial charge in [0, 0.05) is 5.69 Å². The highest BCUT2D eigenvalue weighted by molar-refractivity contribution is 7.98. The molecule has 0 unspecified atom stereocenters. The Kier molecular flexibility index (Phi) is 4.30. The molecule has 4 nitrogen and oxygen atoms in total. The standard InChI is InChI=1S/C13H14N4S/c1-10-8-12(18-2)16-13(15-10)17-14-9-11-6-4-3-5-7-11/h3-9H,1-2H3,(H,15,16,17)/b14-9+. The van der Waals surface area contributed by atoms with Gasteiger partial charge < -0.3 is 0 Å². The number of hydrogen-bond donors (Lipinski definition) is 1. The van der Waals surface area contributed by atoms with Crippen LogP contribution in [0.5, 0.6) is 0 Å². The summed E-state index contributed by atoms with van der Waals surface area (Å²) in [4.78, 5) is 8.57. The summed E-state index contributed by atoms with van der Waals surface area (Å²) in [5, 5.41) is 5.05. The van der Waals surface area contributed by atoms with Crippen LogP contribution in [0.15, 0.2) is 46.5 Å². The molecule has 5 heteroatoms. The third-order valence-corrected chi connectivity index (χ3v) is 2.85. The van der Waals surface area contributed by atoms with Crippen molar-refractivity contribution in [1.82, 2.24) is 9.97 Å². The van der Waals surface area contributed by atoms with Gasteiger partial charge in [0.2, 0.25) is 5.95 Å². The zero-order valence-electron chi connectivity index (χ0n) is 10.3. The van der Waals surface area contributed by atoms with E-state index in [-0.39, 0.29) is 0 Å². The van der Waals surface area contributed by atoms with E-state index in [0.717, 1.165) is 16.3 Å². The lowest BCUT2D eigenvalue weighted by atomic mass is 10.2. The Labute approximate surface area is 111 Å². The molecule has 1 aromatic carbocycles. The summed E-state index contributed by atoms with van der Waals surface area (Å²) in [7, 11) is 0. The first-order valence-corrected chi connectivity index (χ1v) is 6.74. The zero-order chi connectivity index (χ0) is 12.8. The van der Waals surface area contributed by atoms with Crippen LogP contribution >= 0.6 is 11.8 Å². The second-order valence-corrected chi connectivity index (χ2v) is 4.48. The molecular weight excluding hydrogens is 244 g/mol. The van der Waals surface area contributed by atoms with E-state index in [2.05, 4.69) is 20.5 Å². The van der Waals surface area contributed by atoms with Crippen molar-refractivity contribution in [2.24, 2.45) is 5.10 Å². The fourth-order valence-corrected chi connectivity index (χ4v) is 1.86. The van der Waals surface area contributed by atoms with E-state index in [9.17, 15) is 0 Å². The molecule has 0 bridgehead atoms. The molecule has 0 atom stereocenters. The molecule has 1 aromatic heterocycles. The molecule has 92 valence electrons. The maximum Gasteiger partial charge on any atom is 0.244 e. The van der Waals surface area contributed by atoms with E-state index in [1.54, 1.807) is 18.0 Å². The number of aryl methyl sites for hydroxylation is 1. The predicted molar refractivity (Wildman–Crippen MR) is 76.2 cm³/mol. The van der Waals surface area contributed by atoms with Crippen LogP contribution in [0, 0.1) is 6.92 Å². The molecule has 0 radical (unpaired) electrons. The average Bonchev–Trinajstić information content (AvgIpc) is 2.39. The van der Waals surface area contributed by atoms with Gasteiger partial charge in [-0.05, 0) is 24.8 Å². The largest absolute Gasteiger partial charge is 0.245 e. The second kappa shape index (κ2) is 6.16. The minimum atomic E-state index is 0.520. The number of hydrogen-bond acceptors (Lipinski definition) is 5. The minimum Gasteiger partial charge on any atom is -0.245 e. The lowest BCUT2D eigenvalue weighted by molar-refractivity contribution is 0.997. The van der Waals surface area contributed by atoms with E-state index in [1.807, 2.05) is 49.6 Å². The lowest BCUT2D eigenvalue weighted by Crippen LogP contribution is -1.99. The number of nitrogens with one attached hydrogen (secondary N) is 1. The van der Waals surface area contributed by atoms with E-state index in [0.29, 0.717) is 5.95 Å². The Bertz CT molecular complexity index is 540. The Morgan fingerprint density at radius 2 is 2.00 bits per heavy atom. The highest BCUT2D eigenvalue weighted by atomic mass is 32.2. The Morgan fingerprint density at radius 3 is 2.72 bits per heavy atom. The first-order valence-electron chi connectivity index (χ1n) is 5.52. The second-order valence-electron chi connectivity index (χ2n) is 3.66. The molecule has 2 rings (SSSR count). The molecule has 1 heterocycles. The first-order chi connectivity index (χ1) is 8.78. The number of aromatic nitrogens is 2. The van der Waals surface area contributed by atoms with Crippen LogP contribution in [-0.2, 0) is 0 Å². The number of anilines is 1. The molecule has 2 aromatic rings. The summed E-state index contributed by atoms with van der Waals surface area (Å²) in [6.07, 6.45) is 3.73. The topological polar surface area (TPSA) is 50.2 Å². The number of hydrazone groups is 1. The van der Waals surface area contributed by atoms with Gasteiger partial charge in [0.05, 0.1) is 6.21 Å². The number of benzene rings is 1. The molecule has 0 aliphatic rings. The van der Waals surface area contributed by atoms with Crippen LogP contribution in [-0.4, -0.2) is 22.4 Å². The minimum absolute atomic E-state index is 0.520. The lowest BCUT2D eigenvalue weighted by Gasteiger charge is -2.02. The number of nitrogens with zero attached hydrogens (tertiary/aromatic N) is 3. The average molecular weight is 258 g/mol. The summed E-state index contributed by atoms with van der Waals surface area (Å²) in [6.45, 7) is 1.94. The van der Waals surface area contributed by atoms with Gasteiger partial charge in [-0.1, -0.05) is 30.3 Å². The molecule has 0 aliphatic heterocycles. The normalized spacial score (nSPS) is 10.8. The highest BCUT2D eigenvalue weighted by Crippen LogP contribution is 2.14. The maximum atomic E-state index is 4.31. The summed E-state index contributed by atoms with van der Waals surface area (Å²) >= 11 is 1.58. The van der Waals surface area contributed by atoms with Crippen LogP contribution < -0.4 is 5.43 Å². The van der Waals surface area contributed by atoms with Crippen molar-refractivity contribution in [3.05, 3.63) is 47.7 Å². The van der Waals surface area contributed by atoms with E-state index in [1.165, 1.54) is 0 Å². The van der Waals surface area contributed by atoms with Crippen molar-refractivity contribution in [1.29, 1.82) is 0 Å². The van der Waals surface area contributed by atoms with Crippen molar-refractivity contribution in [3.63, 3.8) is 0 Å². The van der Waals surface area contributed by atoms with Gasteiger partial charge in [-0.25, -0.2) is 15.4 Å². The third-order valence-electron chi connectivity index (χ3n) is 2.22. The van der Waals surface area contributed by atoms with Gasteiger partial charge in [0.25, 0.3) is 0 Å². The van der Waals surface area contributed by atoms with Crippen LogP contribution in [0.2, 0.25) is 0 Å².